The number of nitrogens with one attached hydrogen (secondary N) is 1. The molecule has 1 N–H and O–H groups in total. The first-order valence-corrected chi connectivity index (χ1v) is 7.77. The molecule has 0 radical (unpaired) electrons. The summed E-state index contributed by atoms with van der Waals surface area (Å²) in [4.78, 5) is 33.9. The van der Waals surface area contributed by atoms with Crippen molar-refractivity contribution in [3.8, 4) is 0 Å². The largest absolute Gasteiger partial charge is 0.330 e. The Hall–Kier alpha value is -2.47. The van der Waals surface area contributed by atoms with Crippen molar-refractivity contribution in [1.82, 2.24) is 14.9 Å². The van der Waals surface area contributed by atoms with Gasteiger partial charge < -0.3 is 9.88 Å². The summed E-state index contributed by atoms with van der Waals surface area (Å²) in [6.07, 6.45) is 0. The first-order chi connectivity index (χ1) is 10.6. The number of thiophene rings is 1. The highest BCUT2D eigenvalue weighted by molar-refractivity contribution is 7.09. The van der Waals surface area contributed by atoms with Gasteiger partial charge in [0.25, 0.3) is 5.56 Å². The van der Waals surface area contributed by atoms with Gasteiger partial charge in [-0.3, -0.25) is 9.59 Å². The molecule has 0 aliphatic heterocycles. The van der Waals surface area contributed by atoms with E-state index in [-0.39, 0.29) is 18.0 Å². The summed E-state index contributed by atoms with van der Waals surface area (Å²) in [5, 5.41) is 2.53. The van der Waals surface area contributed by atoms with Gasteiger partial charge in [0.1, 0.15) is 5.82 Å². The number of nitrogens with zero attached hydrogens (tertiary/aromatic N) is 2. The molecule has 112 valence electrons. The quantitative estimate of drug-likeness (QED) is 0.805. The Kier molecular flexibility index (Phi) is 4.02. The van der Waals surface area contributed by atoms with Crippen molar-refractivity contribution in [1.29, 1.82) is 0 Å². The fraction of sp³-hybridized carbons (Fsp3) is 0.188. The maximum atomic E-state index is 12.1. The zero-order valence-electron chi connectivity index (χ0n) is 12.1. The minimum atomic E-state index is -0.180. The van der Waals surface area contributed by atoms with Crippen molar-refractivity contribution < 1.29 is 4.79 Å². The lowest BCUT2D eigenvalue weighted by Gasteiger charge is -2.19. The van der Waals surface area contributed by atoms with Gasteiger partial charge in [-0.1, -0.05) is 18.2 Å². The molecular weight excluding hydrogens is 298 g/mol. The van der Waals surface area contributed by atoms with E-state index in [0.717, 1.165) is 4.88 Å². The smallest absolute Gasteiger partial charge is 0.258 e. The Morgan fingerprint density at radius 3 is 2.77 bits per heavy atom. The van der Waals surface area contributed by atoms with Crippen LogP contribution < -0.4 is 5.56 Å². The van der Waals surface area contributed by atoms with Crippen LogP contribution in [-0.2, 0) is 17.9 Å². The molecule has 3 aromatic rings. The Balaban J connectivity index is 1.89. The molecule has 6 heteroatoms. The first kappa shape index (κ1) is 14.5. The van der Waals surface area contributed by atoms with Gasteiger partial charge in [0.2, 0.25) is 5.91 Å². The van der Waals surface area contributed by atoms with E-state index in [0.29, 0.717) is 23.3 Å². The van der Waals surface area contributed by atoms with Crippen LogP contribution >= 0.6 is 11.3 Å². The first-order valence-electron chi connectivity index (χ1n) is 6.89. The normalized spacial score (nSPS) is 10.8. The average molecular weight is 313 g/mol. The van der Waals surface area contributed by atoms with Crippen LogP contribution in [-0.4, -0.2) is 20.8 Å². The predicted molar refractivity (Wildman–Crippen MR) is 86.6 cm³/mol. The van der Waals surface area contributed by atoms with Gasteiger partial charge in [-0.05, 0) is 23.6 Å². The Morgan fingerprint density at radius 1 is 1.23 bits per heavy atom. The molecular formula is C16H15N3O2S. The van der Waals surface area contributed by atoms with E-state index in [1.165, 1.54) is 6.92 Å². The molecule has 1 amide bonds. The summed E-state index contributed by atoms with van der Waals surface area (Å²) in [5.41, 5.74) is 0.459. The summed E-state index contributed by atoms with van der Waals surface area (Å²) >= 11 is 1.60. The summed E-state index contributed by atoms with van der Waals surface area (Å²) in [7, 11) is 0. The van der Waals surface area contributed by atoms with E-state index in [9.17, 15) is 9.59 Å². The maximum Gasteiger partial charge on any atom is 0.258 e. The fourth-order valence-electron chi connectivity index (χ4n) is 2.26. The molecule has 2 aromatic heterocycles. The lowest BCUT2D eigenvalue weighted by atomic mass is 10.2. The number of carbonyl (C=O) groups is 1. The van der Waals surface area contributed by atoms with Crippen molar-refractivity contribution in [2.24, 2.45) is 0 Å². The molecule has 0 unspecified atom stereocenters. The molecule has 0 atom stereocenters. The molecule has 3 rings (SSSR count). The van der Waals surface area contributed by atoms with Gasteiger partial charge >= 0.3 is 0 Å². The maximum absolute atomic E-state index is 12.1. The molecule has 0 fully saturated rings. The van der Waals surface area contributed by atoms with Crippen LogP contribution in [0.5, 0.6) is 0 Å². The molecule has 2 heterocycles. The molecule has 0 aliphatic rings. The molecule has 22 heavy (non-hydrogen) atoms. The van der Waals surface area contributed by atoms with E-state index in [4.69, 9.17) is 0 Å². The fourth-order valence-corrected chi connectivity index (χ4v) is 2.98. The average Bonchev–Trinajstić information content (AvgIpc) is 2.99. The monoisotopic (exact) mass is 313 g/mol. The van der Waals surface area contributed by atoms with Gasteiger partial charge in [-0.2, -0.15) is 0 Å². The van der Waals surface area contributed by atoms with Crippen molar-refractivity contribution in [3.05, 3.63) is 62.8 Å². The summed E-state index contributed by atoms with van der Waals surface area (Å²) in [5.74, 6) is 0.444. The van der Waals surface area contributed by atoms with E-state index >= 15 is 0 Å². The standard InChI is InChI=1S/C16H15N3O2S/c1-11(20)19(9-12-5-4-8-22-12)10-15-17-14-7-3-2-6-13(14)16(21)18-15/h2-8H,9-10H2,1H3,(H,17,18,21). The van der Waals surface area contributed by atoms with Crippen molar-refractivity contribution in [2.75, 3.05) is 0 Å². The number of benzene rings is 1. The minimum absolute atomic E-state index is 0.0517. The van der Waals surface area contributed by atoms with E-state index in [1.54, 1.807) is 34.4 Å². The Morgan fingerprint density at radius 2 is 2.05 bits per heavy atom. The SMILES string of the molecule is CC(=O)N(Cc1nc2ccccc2c(=O)[nH]1)Cc1cccs1. The van der Waals surface area contributed by atoms with Crippen LogP contribution in [0.25, 0.3) is 10.9 Å². The lowest BCUT2D eigenvalue weighted by Crippen LogP contribution is -2.29. The highest BCUT2D eigenvalue weighted by atomic mass is 32.1. The zero-order valence-corrected chi connectivity index (χ0v) is 12.9. The summed E-state index contributed by atoms with van der Waals surface area (Å²) < 4.78 is 0. The number of amides is 1. The number of hydrogen-bond donors (Lipinski definition) is 1. The second kappa shape index (κ2) is 6.11. The second-order valence-electron chi connectivity index (χ2n) is 4.98. The van der Waals surface area contributed by atoms with E-state index < -0.39 is 0 Å². The highest BCUT2D eigenvalue weighted by Gasteiger charge is 2.13. The number of H-pyrrole nitrogens is 1. The predicted octanol–water partition coefficient (Wildman–Crippen LogP) is 2.53. The third kappa shape index (κ3) is 3.07. The van der Waals surface area contributed by atoms with Gasteiger partial charge in [0, 0.05) is 11.8 Å². The Labute approximate surface area is 131 Å². The number of aromatic amines is 1. The number of rotatable bonds is 4. The molecule has 0 saturated carbocycles. The van der Waals surface area contributed by atoms with E-state index in [2.05, 4.69) is 9.97 Å². The number of aromatic nitrogens is 2. The number of hydrogen-bond acceptors (Lipinski definition) is 4. The molecule has 1 aromatic carbocycles. The van der Waals surface area contributed by atoms with Crippen LogP contribution in [0.4, 0.5) is 0 Å². The molecule has 0 spiro atoms. The van der Waals surface area contributed by atoms with Gasteiger partial charge in [-0.15, -0.1) is 11.3 Å². The summed E-state index contributed by atoms with van der Waals surface area (Å²) in [6, 6.07) is 11.1. The third-order valence-electron chi connectivity index (χ3n) is 3.37. The Bertz CT molecular complexity index is 855. The molecule has 5 nitrogen and oxygen atoms in total. The van der Waals surface area contributed by atoms with Gasteiger partial charge in [-0.25, -0.2) is 4.98 Å². The topological polar surface area (TPSA) is 66.1 Å². The zero-order chi connectivity index (χ0) is 15.5. The summed E-state index contributed by atoms with van der Waals surface area (Å²) in [6.45, 7) is 2.32. The van der Waals surface area contributed by atoms with Crippen molar-refractivity contribution in [2.45, 2.75) is 20.0 Å². The van der Waals surface area contributed by atoms with Crippen LogP contribution in [0.3, 0.4) is 0 Å². The van der Waals surface area contributed by atoms with Crippen LogP contribution in [0.15, 0.2) is 46.6 Å². The number of para-hydroxylation sites is 1. The molecule has 0 bridgehead atoms. The molecule has 0 aliphatic carbocycles. The second-order valence-corrected chi connectivity index (χ2v) is 6.02. The van der Waals surface area contributed by atoms with Crippen molar-refractivity contribution >= 4 is 28.1 Å². The van der Waals surface area contributed by atoms with E-state index in [1.807, 2.05) is 23.6 Å². The minimum Gasteiger partial charge on any atom is -0.330 e. The van der Waals surface area contributed by atoms with Gasteiger partial charge in [0.15, 0.2) is 0 Å². The number of fused-ring (bicyclic) bond motifs is 1. The van der Waals surface area contributed by atoms with Crippen LogP contribution in [0.1, 0.15) is 17.6 Å². The van der Waals surface area contributed by atoms with Crippen LogP contribution in [0, 0.1) is 0 Å². The molecule has 0 saturated heterocycles. The van der Waals surface area contributed by atoms with Gasteiger partial charge in [0.05, 0.1) is 24.0 Å². The van der Waals surface area contributed by atoms with Crippen molar-refractivity contribution in [3.63, 3.8) is 0 Å². The highest BCUT2D eigenvalue weighted by Crippen LogP contribution is 2.14. The van der Waals surface area contributed by atoms with Crippen LogP contribution in [0.2, 0.25) is 0 Å². The number of carbonyl (C=O) groups excluding carboxylic acids is 1. The third-order valence-corrected chi connectivity index (χ3v) is 4.24. The lowest BCUT2D eigenvalue weighted by molar-refractivity contribution is -0.130.